The van der Waals surface area contributed by atoms with Gasteiger partial charge >= 0.3 is 5.97 Å². The van der Waals surface area contributed by atoms with Gasteiger partial charge in [0.25, 0.3) is 0 Å². The Morgan fingerprint density at radius 3 is 2.38 bits per heavy atom. The molecule has 7 heteroatoms. The molecule has 0 bridgehead atoms. The van der Waals surface area contributed by atoms with E-state index in [1.54, 1.807) is 40.7 Å². The number of carbonyl (C=O) groups excluding carboxylic acids is 1. The lowest BCUT2D eigenvalue weighted by Gasteiger charge is -2.30. The van der Waals surface area contributed by atoms with Gasteiger partial charge in [0.1, 0.15) is 5.82 Å². The van der Waals surface area contributed by atoms with Crippen LogP contribution in [-0.2, 0) is 19.6 Å². The van der Waals surface area contributed by atoms with Gasteiger partial charge in [0.05, 0.1) is 18.0 Å². The van der Waals surface area contributed by atoms with Crippen LogP contribution in [0.15, 0.2) is 53.4 Å². The molecular weight excluding hydrogens is 393 g/mol. The van der Waals surface area contributed by atoms with Gasteiger partial charge in [0, 0.05) is 12.5 Å². The maximum Gasteiger partial charge on any atom is 0.305 e. The fourth-order valence-electron chi connectivity index (χ4n) is 3.91. The molecule has 5 nitrogen and oxygen atoms in total. The van der Waals surface area contributed by atoms with E-state index in [4.69, 9.17) is 0 Å². The molecule has 1 aliphatic heterocycles. The molecule has 0 spiro atoms. The molecular formula is C22H26FNO4S. The third kappa shape index (κ3) is 4.85. The highest BCUT2D eigenvalue weighted by molar-refractivity contribution is 7.89. The van der Waals surface area contributed by atoms with Gasteiger partial charge < -0.3 is 4.74 Å². The lowest BCUT2D eigenvalue weighted by Crippen LogP contribution is -2.37. The summed E-state index contributed by atoms with van der Waals surface area (Å²) >= 11 is 0. The van der Waals surface area contributed by atoms with Crippen molar-refractivity contribution >= 4 is 16.0 Å². The van der Waals surface area contributed by atoms with Crippen molar-refractivity contribution in [3.05, 3.63) is 65.5 Å². The molecule has 3 rings (SSSR count). The van der Waals surface area contributed by atoms with Crippen molar-refractivity contribution in [2.24, 2.45) is 0 Å². The Morgan fingerprint density at radius 2 is 1.76 bits per heavy atom. The first-order valence-electron chi connectivity index (χ1n) is 9.75. The van der Waals surface area contributed by atoms with Gasteiger partial charge in [0.15, 0.2) is 0 Å². The van der Waals surface area contributed by atoms with E-state index in [1.165, 1.54) is 19.2 Å². The van der Waals surface area contributed by atoms with Gasteiger partial charge in [-0.05, 0) is 62.4 Å². The maximum absolute atomic E-state index is 13.5. The Bertz CT molecular complexity index is 942. The van der Waals surface area contributed by atoms with Crippen LogP contribution in [0, 0.1) is 12.7 Å². The first-order valence-corrected chi connectivity index (χ1v) is 11.2. The number of carbonyl (C=O) groups is 1. The Hall–Kier alpha value is -2.25. The van der Waals surface area contributed by atoms with Crippen molar-refractivity contribution in [1.82, 2.24) is 4.31 Å². The van der Waals surface area contributed by atoms with Gasteiger partial charge in [-0.1, -0.05) is 29.8 Å². The Morgan fingerprint density at radius 1 is 1.10 bits per heavy atom. The fourth-order valence-corrected chi connectivity index (χ4v) is 5.80. The molecule has 29 heavy (non-hydrogen) atoms. The zero-order chi connectivity index (χ0) is 21.0. The van der Waals surface area contributed by atoms with Crippen molar-refractivity contribution < 1.29 is 22.3 Å². The number of methoxy groups -OCH3 is 1. The smallest absolute Gasteiger partial charge is 0.305 e. The average Bonchev–Trinajstić information content (AvgIpc) is 3.13. The molecule has 1 fully saturated rings. The third-order valence-corrected chi connectivity index (χ3v) is 7.41. The normalized spacial score (nSPS) is 20.0. The second-order valence-electron chi connectivity index (χ2n) is 7.41. The van der Waals surface area contributed by atoms with Crippen LogP contribution in [0.3, 0.4) is 0 Å². The molecule has 2 unspecified atom stereocenters. The first-order chi connectivity index (χ1) is 13.8. The summed E-state index contributed by atoms with van der Waals surface area (Å²) in [7, 11) is -2.40. The minimum Gasteiger partial charge on any atom is -0.469 e. The number of sulfonamides is 1. The summed E-state index contributed by atoms with van der Waals surface area (Å²) in [6.45, 7) is 1.91. The molecule has 0 amide bonds. The zero-order valence-corrected chi connectivity index (χ0v) is 17.5. The highest BCUT2D eigenvalue weighted by Crippen LogP contribution is 2.42. The molecule has 2 aromatic rings. The largest absolute Gasteiger partial charge is 0.469 e. The van der Waals surface area contributed by atoms with Gasteiger partial charge in [0.2, 0.25) is 10.0 Å². The molecule has 0 N–H and O–H groups in total. The molecule has 2 atom stereocenters. The van der Waals surface area contributed by atoms with E-state index in [-0.39, 0.29) is 35.2 Å². The molecule has 2 aromatic carbocycles. The molecule has 1 heterocycles. The van der Waals surface area contributed by atoms with E-state index in [2.05, 4.69) is 4.74 Å². The average molecular weight is 420 g/mol. The first kappa shape index (κ1) is 21.5. The van der Waals surface area contributed by atoms with Crippen LogP contribution in [0.5, 0.6) is 0 Å². The highest BCUT2D eigenvalue weighted by atomic mass is 32.2. The SMILES string of the molecule is COC(=O)CCCC1CCC(c2ccc(F)cc2)N1S(=O)(=O)c1ccc(C)cc1. The highest BCUT2D eigenvalue weighted by Gasteiger charge is 2.42. The summed E-state index contributed by atoms with van der Waals surface area (Å²) in [4.78, 5) is 11.7. The molecule has 0 aliphatic carbocycles. The van der Waals surface area contributed by atoms with Crippen molar-refractivity contribution in [3.63, 3.8) is 0 Å². The topological polar surface area (TPSA) is 63.7 Å². The fraction of sp³-hybridized carbons (Fsp3) is 0.409. The lowest BCUT2D eigenvalue weighted by atomic mass is 10.0. The van der Waals surface area contributed by atoms with Crippen LogP contribution in [0.1, 0.15) is 49.3 Å². The van der Waals surface area contributed by atoms with Gasteiger partial charge in [-0.25, -0.2) is 12.8 Å². The van der Waals surface area contributed by atoms with Crippen LogP contribution in [-0.4, -0.2) is 31.8 Å². The van der Waals surface area contributed by atoms with Crippen LogP contribution in [0.2, 0.25) is 0 Å². The van der Waals surface area contributed by atoms with E-state index in [0.717, 1.165) is 11.1 Å². The Balaban J connectivity index is 1.91. The van der Waals surface area contributed by atoms with Crippen molar-refractivity contribution in [3.8, 4) is 0 Å². The number of aryl methyl sites for hydroxylation is 1. The molecule has 0 radical (unpaired) electrons. The third-order valence-electron chi connectivity index (χ3n) is 5.44. The van der Waals surface area contributed by atoms with Crippen LogP contribution < -0.4 is 0 Å². The number of esters is 1. The molecule has 1 aliphatic rings. The maximum atomic E-state index is 13.5. The van der Waals surface area contributed by atoms with Gasteiger partial charge in [-0.3, -0.25) is 4.79 Å². The predicted octanol–water partition coefficient (Wildman–Crippen LogP) is 4.37. The number of ether oxygens (including phenoxy) is 1. The van der Waals surface area contributed by atoms with E-state index in [1.807, 2.05) is 6.92 Å². The molecule has 0 aromatic heterocycles. The van der Waals surface area contributed by atoms with Crippen molar-refractivity contribution in [2.45, 2.75) is 56.0 Å². The lowest BCUT2D eigenvalue weighted by molar-refractivity contribution is -0.140. The van der Waals surface area contributed by atoms with Crippen molar-refractivity contribution in [1.29, 1.82) is 0 Å². The zero-order valence-electron chi connectivity index (χ0n) is 16.7. The van der Waals surface area contributed by atoms with Crippen LogP contribution >= 0.6 is 0 Å². The minimum absolute atomic E-state index is 0.221. The van der Waals surface area contributed by atoms with Crippen LogP contribution in [0.25, 0.3) is 0 Å². The quantitative estimate of drug-likeness (QED) is 0.625. The standard InChI is InChI=1S/C22H26FNO4S/c1-16-6-13-20(14-7-16)29(26,27)24-19(4-3-5-22(25)28-2)12-15-21(24)17-8-10-18(23)11-9-17/h6-11,13-14,19,21H,3-5,12,15H2,1-2H3. The van der Waals surface area contributed by atoms with Crippen molar-refractivity contribution in [2.75, 3.05) is 7.11 Å². The summed E-state index contributed by atoms with van der Waals surface area (Å²) in [5, 5.41) is 0. The summed E-state index contributed by atoms with van der Waals surface area (Å²) < 4.78 is 46.7. The number of halogens is 1. The Labute approximate surface area is 171 Å². The second-order valence-corrected chi connectivity index (χ2v) is 9.26. The molecule has 0 saturated carbocycles. The number of hydrogen-bond donors (Lipinski definition) is 0. The summed E-state index contributed by atoms with van der Waals surface area (Å²) in [5.74, 6) is -0.652. The van der Waals surface area contributed by atoms with E-state index >= 15 is 0 Å². The molecule has 156 valence electrons. The number of benzene rings is 2. The second kappa shape index (κ2) is 9.05. The summed E-state index contributed by atoms with van der Waals surface area (Å²) in [6.07, 6.45) is 2.71. The number of hydrogen-bond acceptors (Lipinski definition) is 4. The summed E-state index contributed by atoms with van der Waals surface area (Å²) in [6, 6.07) is 12.2. The number of rotatable bonds is 7. The van der Waals surface area contributed by atoms with Gasteiger partial charge in [-0.2, -0.15) is 4.31 Å². The Kier molecular flexibility index (Phi) is 6.70. The minimum atomic E-state index is -3.74. The van der Waals surface area contributed by atoms with Crippen LogP contribution in [0.4, 0.5) is 4.39 Å². The number of nitrogens with zero attached hydrogens (tertiary/aromatic N) is 1. The van der Waals surface area contributed by atoms with E-state index < -0.39 is 10.0 Å². The van der Waals surface area contributed by atoms with Gasteiger partial charge in [-0.15, -0.1) is 0 Å². The summed E-state index contributed by atoms with van der Waals surface area (Å²) in [5.41, 5.74) is 1.76. The monoisotopic (exact) mass is 419 g/mol. The van der Waals surface area contributed by atoms with E-state index in [9.17, 15) is 17.6 Å². The molecule has 1 saturated heterocycles. The predicted molar refractivity (Wildman–Crippen MR) is 108 cm³/mol. The van der Waals surface area contributed by atoms with E-state index in [0.29, 0.717) is 25.7 Å².